The molecular formula is C29H27ClFN3O2S. The van der Waals surface area contributed by atoms with Crippen molar-refractivity contribution in [2.24, 2.45) is 0 Å². The summed E-state index contributed by atoms with van der Waals surface area (Å²) in [6.07, 6.45) is 5.24. The largest absolute Gasteiger partial charge is 0.348 e. The van der Waals surface area contributed by atoms with Crippen LogP contribution in [0.4, 0.5) is 4.39 Å². The number of benzene rings is 3. The lowest BCUT2D eigenvalue weighted by Gasteiger charge is -2.26. The number of halogens is 2. The van der Waals surface area contributed by atoms with Crippen LogP contribution in [0.2, 0.25) is 5.02 Å². The number of nitrogens with zero attached hydrogens (tertiary/aromatic N) is 2. The summed E-state index contributed by atoms with van der Waals surface area (Å²) in [6, 6.07) is 18.9. The maximum atomic E-state index is 13.7. The van der Waals surface area contributed by atoms with Gasteiger partial charge in [0.05, 0.1) is 10.9 Å². The Morgan fingerprint density at radius 2 is 1.81 bits per heavy atom. The molecule has 0 spiro atoms. The Balaban J connectivity index is 1.45. The van der Waals surface area contributed by atoms with Gasteiger partial charge in [-0.15, -0.1) is 0 Å². The molecule has 1 aliphatic rings. The number of carbonyl (C=O) groups is 1. The number of hydrogen-bond acceptors (Lipinski definition) is 4. The van der Waals surface area contributed by atoms with Crippen molar-refractivity contribution in [2.45, 2.75) is 55.6 Å². The van der Waals surface area contributed by atoms with E-state index in [-0.39, 0.29) is 23.3 Å². The van der Waals surface area contributed by atoms with Crippen molar-refractivity contribution in [2.75, 3.05) is 0 Å². The van der Waals surface area contributed by atoms with Crippen LogP contribution < -0.4 is 10.9 Å². The third kappa shape index (κ3) is 6.05. The Kier molecular flexibility index (Phi) is 7.91. The molecule has 0 atom stereocenters. The third-order valence-corrected chi connectivity index (χ3v) is 7.95. The van der Waals surface area contributed by atoms with Crippen LogP contribution in [0.1, 0.15) is 59.6 Å². The van der Waals surface area contributed by atoms with Gasteiger partial charge in [0, 0.05) is 28.9 Å². The van der Waals surface area contributed by atoms with Crippen LogP contribution in [0, 0.1) is 5.82 Å². The van der Waals surface area contributed by atoms with Gasteiger partial charge in [-0.25, -0.2) is 9.37 Å². The first-order valence-electron chi connectivity index (χ1n) is 12.4. The normalized spacial score (nSPS) is 14.1. The molecule has 5 nitrogen and oxygen atoms in total. The van der Waals surface area contributed by atoms with E-state index in [4.69, 9.17) is 16.6 Å². The number of aromatic nitrogens is 2. The van der Waals surface area contributed by atoms with E-state index in [1.807, 2.05) is 22.8 Å². The average molecular weight is 536 g/mol. The van der Waals surface area contributed by atoms with E-state index in [1.165, 1.54) is 30.3 Å². The van der Waals surface area contributed by atoms with Gasteiger partial charge in [0.25, 0.3) is 11.5 Å². The summed E-state index contributed by atoms with van der Waals surface area (Å²) in [7, 11) is 0. The standard InChI is InChI=1S/C29H27ClFN3O2S/c30-22-6-4-5-20(15-22)17-32-27(35)21-11-14-25-26(16-21)33-29(37-18-19-9-12-23(31)13-10-19)34(28(25)36)24-7-2-1-3-8-24/h4-6,9-16,24H,1-3,7-8,17-18H2,(H,32,35). The summed E-state index contributed by atoms with van der Waals surface area (Å²) < 4.78 is 15.2. The number of fused-ring (bicyclic) bond motifs is 1. The Bertz CT molecular complexity index is 1480. The maximum Gasteiger partial charge on any atom is 0.262 e. The lowest BCUT2D eigenvalue weighted by atomic mass is 9.95. The predicted molar refractivity (Wildman–Crippen MR) is 147 cm³/mol. The molecule has 190 valence electrons. The van der Waals surface area contributed by atoms with Gasteiger partial charge in [-0.1, -0.05) is 66.9 Å². The summed E-state index contributed by atoms with van der Waals surface area (Å²) >= 11 is 7.51. The molecule has 1 aromatic heterocycles. The second-order valence-electron chi connectivity index (χ2n) is 9.32. The number of hydrogen-bond donors (Lipinski definition) is 1. The Morgan fingerprint density at radius 3 is 2.57 bits per heavy atom. The second-order valence-corrected chi connectivity index (χ2v) is 10.7. The zero-order valence-electron chi connectivity index (χ0n) is 20.3. The third-order valence-electron chi connectivity index (χ3n) is 6.69. The van der Waals surface area contributed by atoms with Gasteiger partial charge in [0.1, 0.15) is 5.82 Å². The topological polar surface area (TPSA) is 64.0 Å². The highest BCUT2D eigenvalue weighted by Gasteiger charge is 2.22. The maximum absolute atomic E-state index is 13.7. The van der Waals surface area contributed by atoms with Gasteiger partial charge in [-0.2, -0.15) is 0 Å². The molecule has 1 aliphatic carbocycles. The minimum atomic E-state index is -0.280. The summed E-state index contributed by atoms with van der Waals surface area (Å²) in [6.45, 7) is 0.340. The van der Waals surface area contributed by atoms with Gasteiger partial charge in [-0.05, 0) is 66.4 Å². The summed E-state index contributed by atoms with van der Waals surface area (Å²) in [5.74, 6) is 0.0311. The van der Waals surface area contributed by atoms with Crippen molar-refractivity contribution in [3.63, 3.8) is 0 Å². The predicted octanol–water partition coefficient (Wildman–Crippen LogP) is 6.92. The van der Waals surface area contributed by atoms with E-state index in [9.17, 15) is 14.0 Å². The number of thioether (sulfide) groups is 1. The molecule has 8 heteroatoms. The smallest absolute Gasteiger partial charge is 0.262 e. The Morgan fingerprint density at radius 1 is 1.03 bits per heavy atom. The van der Waals surface area contributed by atoms with E-state index in [1.54, 1.807) is 36.4 Å². The lowest BCUT2D eigenvalue weighted by Crippen LogP contribution is -2.29. The second kappa shape index (κ2) is 11.5. The van der Waals surface area contributed by atoms with E-state index in [0.717, 1.165) is 36.8 Å². The molecule has 1 saturated carbocycles. The van der Waals surface area contributed by atoms with Gasteiger partial charge >= 0.3 is 0 Å². The average Bonchev–Trinajstić information content (AvgIpc) is 2.91. The quantitative estimate of drug-likeness (QED) is 0.206. The van der Waals surface area contributed by atoms with Crippen LogP contribution in [-0.2, 0) is 12.3 Å². The molecule has 0 aliphatic heterocycles. The lowest BCUT2D eigenvalue weighted by molar-refractivity contribution is 0.0951. The monoisotopic (exact) mass is 535 g/mol. The Labute approximate surface area is 224 Å². The molecule has 37 heavy (non-hydrogen) atoms. The van der Waals surface area contributed by atoms with E-state index >= 15 is 0 Å². The molecular weight excluding hydrogens is 509 g/mol. The SMILES string of the molecule is O=C(NCc1cccc(Cl)c1)c1ccc2c(=O)n(C3CCCCC3)c(SCc3ccc(F)cc3)nc2c1. The van der Waals surface area contributed by atoms with Crippen molar-refractivity contribution >= 4 is 40.2 Å². The first-order chi connectivity index (χ1) is 18.0. The highest BCUT2D eigenvalue weighted by molar-refractivity contribution is 7.98. The van der Waals surface area contributed by atoms with Crippen LogP contribution >= 0.6 is 23.4 Å². The first-order valence-corrected chi connectivity index (χ1v) is 13.8. The molecule has 1 heterocycles. The first kappa shape index (κ1) is 25.5. The fourth-order valence-corrected chi connectivity index (χ4v) is 5.98. The molecule has 4 aromatic rings. The molecule has 1 N–H and O–H groups in total. The minimum Gasteiger partial charge on any atom is -0.348 e. The van der Waals surface area contributed by atoms with E-state index < -0.39 is 0 Å². The van der Waals surface area contributed by atoms with Crippen molar-refractivity contribution < 1.29 is 9.18 Å². The van der Waals surface area contributed by atoms with Crippen molar-refractivity contribution in [3.05, 3.63) is 105 Å². The van der Waals surface area contributed by atoms with Crippen LogP contribution in [-0.4, -0.2) is 15.5 Å². The van der Waals surface area contributed by atoms with Gasteiger partial charge in [0.15, 0.2) is 5.16 Å². The molecule has 0 unspecified atom stereocenters. The van der Waals surface area contributed by atoms with Crippen molar-refractivity contribution in [1.82, 2.24) is 14.9 Å². The van der Waals surface area contributed by atoms with Crippen LogP contribution in [0.25, 0.3) is 10.9 Å². The molecule has 0 bridgehead atoms. The summed E-state index contributed by atoms with van der Waals surface area (Å²) in [5, 5.41) is 4.65. The number of nitrogens with one attached hydrogen (secondary N) is 1. The highest BCUT2D eigenvalue weighted by atomic mass is 35.5. The Hall–Kier alpha value is -3.16. The van der Waals surface area contributed by atoms with Gasteiger partial charge in [0.2, 0.25) is 0 Å². The van der Waals surface area contributed by atoms with Crippen molar-refractivity contribution in [3.8, 4) is 0 Å². The molecule has 1 fully saturated rings. The van der Waals surface area contributed by atoms with E-state index in [0.29, 0.717) is 38.9 Å². The summed E-state index contributed by atoms with van der Waals surface area (Å²) in [4.78, 5) is 31.4. The van der Waals surface area contributed by atoms with Gasteiger partial charge in [-0.3, -0.25) is 14.2 Å². The molecule has 5 rings (SSSR count). The number of rotatable bonds is 7. The summed E-state index contributed by atoms with van der Waals surface area (Å²) in [5.41, 5.74) is 2.70. The zero-order valence-corrected chi connectivity index (χ0v) is 21.8. The molecule has 0 saturated heterocycles. The van der Waals surface area contributed by atoms with Crippen LogP contribution in [0.5, 0.6) is 0 Å². The number of amides is 1. The molecule has 3 aromatic carbocycles. The zero-order chi connectivity index (χ0) is 25.8. The molecule has 0 radical (unpaired) electrons. The van der Waals surface area contributed by atoms with Crippen molar-refractivity contribution in [1.29, 1.82) is 0 Å². The van der Waals surface area contributed by atoms with Crippen LogP contribution in [0.15, 0.2) is 76.7 Å². The fourth-order valence-electron chi connectivity index (χ4n) is 4.74. The minimum absolute atomic E-state index is 0.0793. The fraction of sp³-hybridized carbons (Fsp3) is 0.276. The van der Waals surface area contributed by atoms with Crippen LogP contribution in [0.3, 0.4) is 0 Å². The number of carbonyl (C=O) groups excluding carboxylic acids is 1. The van der Waals surface area contributed by atoms with Gasteiger partial charge < -0.3 is 5.32 Å². The molecule has 1 amide bonds. The highest BCUT2D eigenvalue weighted by Crippen LogP contribution is 2.32. The van der Waals surface area contributed by atoms with E-state index in [2.05, 4.69) is 5.32 Å².